The minimum absolute atomic E-state index is 0.210. The SMILES string of the molecule is Cc1nn2c(N)c(C#N)c(NCCc3ccn(C4CCC4CO)n3)nc2c1C. The van der Waals surface area contributed by atoms with Crippen LogP contribution in [0, 0.1) is 31.1 Å². The Balaban J connectivity index is 1.48. The molecule has 3 heterocycles. The zero-order valence-electron chi connectivity index (χ0n) is 16.1. The van der Waals surface area contributed by atoms with E-state index in [9.17, 15) is 10.4 Å². The molecule has 9 heteroatoms. The molecule has 0 aromatic carbocycles. The van der Waals surface area contributed by atoms with E-state index in [1.807, 2.05) is 30.8 Å². The summed E-state index contributed by atoms with van der Waals surface area (Å²) in [6.45, 7) is 4.62. The summed E-state index contributed by atoms with van der Waals surface area (Å²) in [6, 6.07) is 4.42. The van der Waals surface area contributed by atoms with Crippen LogP contribution in [0.4, 0.5) is 11.6 Å². The number of fused-ring (bicyclic) bond motifs is 1. The first-order valence-electron chi connectivity index (χ1n) is 9.47. The van der Waals surface area contributed by atoms with Crippen molar-refractivity contribution in [3.05, 3.63) is 34.8 Å². The number of nitrogens with two attached hydrogens (primary N) is 1. The smallest absolute Gasteiger partial charge is 0.162 e. The van der Waals surface area contributed by atoms with Gasteiger partial charge < -0.3 is 16.2 Å². The quantitative estimate of drug-likeness (QED) is 0.592. The van der Waals surface area contributed by atoms with E-state index in [0.29, 0.717) is 42.0 Å². The van der Waals surface area contributed by atoms with Gasteiger partial charge in [-0.2, -0.15) is 20.0 Å². The molecule has 2 unspecified atom stereocenters. The van der Waals surface area contributed by atoms with E-state index in [1.165, 1.54) is 4.52 Å². The third kappa shape index (κ3) is 2.96. The summed E-state index contributed by atoms with van der Waals surface area (Å²) in [4.78, 5) is 4.57. The third-order valence-corrected chi connectivity index (χ3v) is 5.67. The summed E-state index contributed by atoms with van der Waals surface area (Å²) >= 11 is 0. The van der Waals surface area contributed by atoms with Crippen molar-refractivity contribution in [2.45, 2.75) is 39.2 Å². The predicted molar refractivity (Wildman–Crippen MR) is 105 cm³/mol. The van der Waals surface area contributed by atoms with Crippen LogP contribution in [0.25, 0.3) is 5.65 Å². The van der Waals surface area contributed by atoms with Crippen molar-refractivity contribution in [2.75, 3.05) is 24.2 Å². The molecule has 0 saturated heterocycles. The molecule has 0 radical (unpaired) electrons. The molecule has 1 saturated carbocycles. The van der Waals surface area contributed by atoms with Gasteiger partial charge in [0.05, 0.1) is 17.4 Å². The third-order valence-electron chi connectivity index (χ3n) is 5.67. The molecule has 9 nitrogen and oxygen atoms in total. The summed E-state index contributed by atoms with van der Waals surface area (Å²) < 4.78 is 3.48. The van der Waals surface area contributed by atoms with E-state index in [-0.39, 0.29) is 12.4 Å². The molecule has 28 heavy (non-hydrogen) atoms. The van der Waals surface area contributed by atoms with Gasteiger partial charge in [0.15, 0.2) is 5.65 Å². The molecule has 4 rings (SSSR count). The molecule has 4 N–H and O–H groups in total. The molecule has 0 amide bonds. The number of nitriles is 1. The van der Waals surface area contributed by atoms with Crippen LogP contribution < -0.4 is 11.1 Å². The Hall–Kier alpha value is -3.12. The number of rotatable bonds is 6. The second-order valence-electron chi connectivity index (χ2n) is 7.33. The highest BCUT2D eigenvalue weighted by atomic mass is 16.3. The molecule has 1 aliphatic carbocycles. The van der Waals surface area contributed by atoms with E-state index in [1.54, 1.807) is 0 Å². The molecule has 2 atom stereocenters. The second kappa shape index (κ2) is 7.13. The van der Waals surface area contributed by atoms with Crippen molar-refractivity contribution < 1.29 is 5.11 Å². The first-order valence-corrected chi connectivity index (χ1v) is 9.47. The van der Waals surface area contributed by atoms with Gasteiger partial charge in [0.25, 0.3) is 0 Å². The average molecular weight is 380 g/mol. The Morgan fingerprint density at radius 2 is 2.18 bits per heavy atom. The van der Waals surface area contributed by atoms with E-state index in [4.69, 9.17) is 5.73 Å². The number of anilines is 2. The number of aromatic nitrogens is 5. The summed E-state index contributed by atoms with van der Waals surface area (Å²) in [7, 11) is 0. The fraction of sp³-hybridized carbons (Fsp3) is 0.474. The van der Waals surface area contributed by atoms with Gasteiger partial charge in [-0.25, -0.2) is 4.98 Å². The van der Waals surface area contributed by atoms with E-state index in [0.717, 1.165) is 29.8 Å². The maximum atomic E-state index is 9.51. The molecule has 0 aliphatic heterocycles. The molecule has 0 bridgehead atoms. The maximum Gasteiger partial charge on any atom is 0.162 e. The Labute approximate surface area is 162 Å². The van der Waals surface area contributed by atoms with Crippen molar-refractivity contribution in [1.29, 1.82) is 5.26 Å². The molecule has 146 valence electrons. The van der Waals surface area contributed by atoms with Crippen LogP contribution in [0.15, 0.2) is 12.3 Å². The number of aryl methyl sites for hydroxylation is 2. The number of nitrogen functional groups attached to an aromatic ring is 1. The number of hydrogen-bond acceptors (Lipinski definition) is 7. The lowest BCUT2D eigenvalue weighted by Crippen LogP contribution is -2.31. The number of aliphatic hydroxyl groups excluding tert-OH is 1. The van der Waals surface area contributed by atoms with E-state index in [2.05, 4.69) is 26.6 Å². The maximum absolute atomic E-state index is 9.51. The molecule has 0 spiro atoms. The molecule has 1 fully saturated rings. The van der Waals surface area contributed by atoms with Crippen molar-refractivity contribution in [3.8, 4) is 6.07 Å². The summed E-state index contributed by atoms with van der Waals surface area (Å²) in [6.07, 6.45) is 4.78. The highest BCUT2D eigenvalue weighted by Gasteiger charge is 2.32. The Morgan fingerprint density at radius 1 is 1.36 bits per heavy atom. The molecular weight excluding hydrogens is 356 g/mol. The normalized spacial score (nSPS) is 18.8. The monoisotopic (exact) mass is 380 g/mol. The van der Waals surface area contributed by atoms with Crippen molar-refractivity contribution in [3.63, 3.8) is 0 Å². The Morgan fingerprint density at radius 3 is 2.86 bits per heavy atom. The lowest BCUT2D eigenvalue weighted by Gasteiger charge is -2.35. The predicted octanol–water partition coefficient (Wildman–Crippen LogP) is 1.59. The molecule has 3 aromatic rings. The highest BCUT2D eigenvalue weighted by Crippen LogP contribution is 2.37. The van der Waals surface area contributed by atoms with Gasteiger partial charge >= 0.3 is 0 Å². The minimum atomic E-state index is 0.210. The topological polar surface area (TPSA) is 130 Å². The van der Waals surface area contributed by atoms with E-state index < -0.39 is 0 Å². The van der Waals surface area contributed by atoms with Gasteiger partial charge in [-0.15, -0.1) is 0 Å². The summed E-state index contributed by atoms with van der Waals surface area (Å²) in [5.41, 5.74) is 9.82. The lowest BCUT2D eigenvalue weighted by atomic mass is 9.80. The number of hydrogen-bond donors (Lipinski definition) is 3. The number of nitrogens with zero attached hydrogens (tertiary/aromatic N) is 6. The highest BCUT2D eigenvalue weighted by molar-refractivity contribution is 5.69. The Kier molecular flexibility index (Phi) is 4.65. The van der Waals surface area contributed by atoms with Crippen molar-refractivity contribution >= 4 is 17.3 Å². The van der Waals surface area contributed by atoms with Crippen LogP contribution >= 0.6 is 0 Å². The summed E-state index contributed by atoms with van der Waals surface area (Å²) in [5, 5.41) is 31.1. The lowest BCUT2D eigenvalue weighted by molar-refractivity contribution is 0.0892. The van der Waals surface area contributed by atoms with Gasteiger partial charge in [0.2, 0.25) is 0 Å². The molecular formula is C19H24N8O. The van der Waals surface area contributed by atoms with Crippen LogP contribution in [0.5, 0.6) is 0 Å². The standard InChI is InChI=1S/C19H24N8O/c1-11-12(2)24-27-17(21)15(9-20)18(23-19(11)27)22-7-5-14-6-8-26(25-14)16-4-3-13(16)10-28/h6,8,13,16,28H,3-5,7,10,21H2,1-2H3,(H,22,23). The average Bonchev–Trinajstić information content (AvgIpc) is 3.21. The minimum Gasteiger partial charge on any atom is -0.396 e. The molecule has 3 aromatic heterocycles. The largest absolute Gasteiger partial charge is 0.396 e. The zero-order valence-corrected chi connectivity index (χ0v) is 16.1. The van der Waals surface area contributed by atoms with Crippen LogP contribution in [-0.4, -0.2) is 42.6 Å². The number of aliphatic hydroxyl groups is 1. The fourth-order valence-corrected chi connectivity index (χ4v) is 3.64. The zero-order chi connectivity index (χ0) is 19.8. The van der Waals surface area contributed by atoms with Crippen LogP contribution in [-0.2, 0) is 6.42 Å². The van der Waals surface area contributed by atoms with E-state index >= 15 is 0 Å². The van der Waals surface area contributed by atoms with Gasteiger partial charge in [0.1, 0.15) is 23.3 Å². The van der Waals surface area contributed by atoms with Gasteiger partial charge in [-0.05, 0) is 32.8 Å². The van der Waals surface area contributed by atoms with Gasteiger partial charge in [-0.3, -0.25) is 4.68 Å². The van der Waals surface area contributed by atoms with Gasteiger partial charge in [-0.1, -0.05) is 0 Å². The second-order valence-corrected chi connectivity index (χ2v) is 7.33. The van der Waals surface area contributed by atoms with Crippen molar-refractivity contribution in [2.24, 2.45) is 5.92 Å². The van der Waals surface area contributed by atoms with Crippen molar-refractivity contribution in [1.82, 2.24) is 24.4 Å². The van der Waals surface area contributed by atoms with Crippen LogP contribution in [0.1, 0.15) is 41.4 Å². The van der Waals surface area contributed by atoms with Crippen LogP contribution in [0.2, 0.25) is 0 Å². The first-order chi connectivity index (χ1) is 13.5. The summed E-state index contributed by atoms with van der Waals surface area (Å²) in [5.74, 6) is 1.06. The number of nitrogens with one attached hydrogen (secondary N) is 1. The van der Waals surface area contributed by atoms with Crippen LogP contribution in [0.3, 0.4) is 0 Å². The Bertz CT molecular complexity index is 1060. The molecule has 1 aliphatic rings. The first kappa shape index (κ1) is 18.3. The van der Waals surface area contributed by atoms with Gasteiger partial charge in [0, 0.05) is 37.3 Å². The fourth-order valence-electron chi connectivity index (χ4n) is 3.64.